The van der Waals surface area contributed by atoms with Gasteiger partial charge in [0.2, 0.25) is 0 Å². The van der Waals surface area contributed by atoms with Crippen LogP contribution in [-0.4, -0.2) is 20.3 Å². The maximum atomic E-state index is 5.45. The highest BCUT2D eigenvalue weighted by Gasteiger charge is 2.32. The molecule has 1 aliphatic rings. The molecule has 1 saturated heterocycles. The molecule has 0 aromatic heterocycles. The van der Waals surface area contributed by atoms with E-state index in [-0.39, 0.29) is 5.54 Å². The highest BCUT2D eigenvalue weighted by Crippen LogP contribution is 2.33. The summed E-state index contributed by atoms with van der Waals surface area (Å²) < 4.78 is 6.64. The molecule has 1 N–H and O–H groups in total. The van der Waals surface area contributed by atoms with Gasteiger partial charge in [-0.05, 0) is 44.0 Å². The smallest absolute Gasteiger partial charge is 0.0486 e. The molecule has 3 heteroatoms. The van der Waals surface area contributed by atoms with Gasteiger partial charge in [-0.3, -0.25) is 0 Å². The molecule has 0 bridgehead atoms. The van der Waals surface area contributed by atoms with E-state index in [1.807, 2.05) is 7.05 Å². The van der Waals surface area contributed by atoms with Gasteiger partial charge in [-0.25, -0.2) is 0 Å². The average Bonchev–Trinajstić information content (AvgIpc) is 2.33. The second kappa shape index (κ2) is 4.86. The molecule has 1 aromatic rings. The monoisotopic (exact) mass is 283 g/mol. The third-order valence-electron chi connectivity index (χ3n) is 3.55. The Morgan fingerprint density at radius 2 is 2.00 bits per heavy atom. The van der Waals surface area contributed by atoms with Gasteiger partial charge in [0.05, 0.1) is 0 Å². The minimum Gasteiger partial charge on any atom is -0.381 e. The van der Waals surface area contributed by atoms with Gasteiger partial charge >= 0.3 is 0 Å². The molecular weight excluding hydrogens is 266 g/mol. The van der Waals surface area contributed by atoms with Gasteiger partial charge in [0.1, 0.15) is 0 Å². The Morgan fingerprint density at radius 3 is 2.56 bits per heavy atom. The zero-order chi connectivity index (χ0) is 11.6. The summed E-state index contributed by atoms with van der Waals surface area (Å²) in [4.78, 5) is 0. The van der Waals surface area contributed by atoms with Crippen LogP contribution in [0.3, 0.4) is 0 Å². The lowest BCUT2D eigenvalue weighted by Gasteiger charge is -2.37. The van der Waals surface area contributed by atoms with Crippen molar-refractivity contribution >= 4 is 15.9 Å². The SMILES string of the molecule is CNC1(c2ccc(C)c(Br)c2)CCOCC1. The van der Waals surface area contributed by atoms with Gasteiger partial charge in [0.15, 0.2) is 0 Å². The highest BCUT2D eigenvalue weighted by molar-refractivity contribution is 9.10. The maximum absolute atomic E-state index is 5.45. The van der Waals surface area contributed by atoms with Crippen LogP contribution in [0.25, 0.3) is 0 Å². The topological polar surface area (TPSA) is 21.3 Å². The summed E-state index contributed by atoms with van der Waals surface area (Å²) in [6.45, 7) is 3.79. The summed E-state index contributed by atoms with van der Waals surface area (Å²) in [5.74, 6) is 0. The number of ether oxygens (including phenoxy) is 1. The molecule has 0 amide bonds. The highest BCUT2D eigenvalue weighted by atomic mass is 79.9. The van der Waals surface area contributed by atoms with Crippen molar-refractivity contribution in [3.63, 3.8) is 0 Å². The lowest BCUT2D eigenvalue weighted by Crippen LogP contribution is -2.44. The molecule has 0 aliphatic carbocycles. The summed E-state index contributed by atoms with van der Waals surface area (Å²) in [5.41, 5.74) is 2.73. The van der Waals surface area contributed by atoms with Crippen LogP contribution in [0.4, 0.5) is 0 Å². The molecule has 2 nitrogen and oxygen atoms in total. The minimum atomic E-state index is 0.0917. The Hall–Kier alpha value is -0.380. The second-order valence-electron chi connectivity index (χ2n) is 4.41. The Bertz CT molecular complexity index is 372. The summed E-state index contributed by atoms with van der Waals surface area (Å²) in [6.07, 6.45) is 2.08. The number of hydrogen-bond donors (Lipinski definition) is 1. The largest absolute Gasteiger partial charge is 0.381 e. The predicted octanol–water partition coefficient (Wildman–Crippen LogP) is 2.98. The molecule has 0 radical (unpaired) electrons. The summed E-state index contributed by atoms with van der Waals surface area (Å²) in [6, 6.07) is 6.63. The molecule has 0 saturated carbocycles. The van der Waals surface area contributed by atoms with E-state index in [4.69, 9.17) is 4.74 Å². The number of benzene rings is 1. The molecule has 0 spiro atoms. The van der Waals surface area contributed by atoms with E-state index in [2.05, 4.69) is 46.4 Å². The van der Waals surface area contributed by atoms with Crippen LogP contribution in [0, 0.1) is 6.92 Å². The average molecular weight is 284 g/mol. The van der Waals surface area contributed by atoms with Crippen LogP contribution in [0.2, 0.25) is 0 Å². The first-order chi connectivity index (χ1) is 7.68. The Kier molecular flexibility index (Phi) is 3.67. The first-order valence-corrected chi connectivity index (χ1v) is 6.50. The van der Waals surface area contributed by atoms with Gasteiger partial charge in [-0.15, -0.1) is 0 Å². The van der Waals surface area contributed by atoms with Gasteiger partial charge in [0, 0.05) is 23.2 Å². The molecule has 1 aliphatic heterocycles. The van der Waals surface area contributed by atoms with Crippen molar-refractivity contribution in [1.82, 2.24) is 5.32 Å². The van der Waals surface area contributed by atoms with Crippen LogP contribution in [0.1, 0.15) is 24.0 Å². The Labute approximate surface area is 106 Å². The first kappa shape index (κ1) is 12.1. The zero-order valence-corrected chi connectivity index (χ0v) is 11.4. The van der Waals surface area contributed by atoms with Crippen LogP contribution in [0.15, 0.2) is 22.7 Å². The van der Waals surface area contributed by atoms with Gasteiger partial charge in [0.25, 0.3) is 0 Å². The summed E-state index contributed by atoms with van der Waals surface area (Å²) in [5, 5.41) is 3.48. The van der Waals surface area contributed by atoms with Crippen LogP contribution >= 0.6 is 15.9 Å². The molecule has 16 heavy (non-hydrogen) atoms. The van der Waals surface area contributed by atoms with Crippen molar-refractivity contribution in [2.45, 2.75) is 25.3 Å². The fourth-order valence-corrected chi connectivity index (χ4v) is 2.67. The molecule has 1 fully saturated rings. The maximum Gasteiger partial charge on any atom is 0.0486 e. The molecule has 0 atom stereocenters. The van der Waals surface area contributed by atoms with E-state index in [0.29, 0.717) is 0 Å². The normalized spacial score (nSPS) is 19.7. The first-order valence-electron chi connectivity index (χ1n) is 5.71. The second-order valence-corrected chi connectivity index (χ2v) is 5.26. The fraction of sp³-hybridized carbons (Fsp3) is 0.538. The number of halogens is 1. The third-order valence-corrected chi connectivity index (χ3v) is 4.40. The van der Waals surface area contributed by atoms with E-state index in [1.54, 1.807) is 0 Å². The summed E-state index contributed by atoms with van der Waals surface area (Å²) in [7, 11) is 2.04. The van der Waals surface area contributed by atoms with Crippen LogP contribution in [0.5, 0.6) is 0 Å². The minimum absolute atomic E-state index is 0.0917. The lowest BCUT2D eigenvalue weighted by molar-refractivity contribution is 0.0398. The molecule has 2 rings (SSSR count). The standard InChI is InChI=1S/C13H18BrNO/c1-10-3-4-11(9-12(10)14)13(15-2)5-7-16-8-6-13/h3-4,9,15H,5-8H2,1-2H3. The number of nitrogens with one attached hydrogen (secondary N) is 1. The summed E-state index contributed by atoms with van der Waals surface area (Å²) >= 11 is 3.61. The van der Waals surface area contributed by atoms with Crippen LogP contribution < -0.4 is 5.32 Å². The fourth-order valence-electron chi connectivity index (χ4n) is 2.29. The van der Waals surface area contributed by atoms with Gasteiger partial charge in [-0.1, -0.05) is 28.1 Å². The molecule has 1 heterocycles. The Morgan fingerprint density at radius 1 is 1.31 bits per heavy atom. The van der Waals surface area contributed by atoms with E-state index in [0.717, 1.165) is 26.1 Å². The molecular formula is C13H18BrNO. The van der Waals surface area contributed by atoms with Crippen molar-refractivity contribution in [3.8, 4) is 0 Å². The van der Waals surface area contributed by atoms with Crippen molar-refractivity contribution < 1.29 is 4.74 Å². The molecule has 1 aromatic carbocycles. The molecule has 0 unspecified atom stereocenters. The van der Waals surface area contributed by atoms with Crippen molar-refractivity contribution in [2.75, 3.05) is 20.3 Å². The number of aryl methyl sites for hydroxylation is 1. The third kappa shape index (κ3) is 2.17. The van der Waals surface area contributed by atoms with E-state index < -0.39 is 0 Å². The Balaban J connectivity index is 2.35. The van der Waals surface area contributed by atoms with E-state index in [1.165, 1.54) is 15.6 Å². The van der Waals surface area contributed by atoms with Crippen LogP contribution in [-0.2, 0) is 10.3 Å². The van der Waals surface area contributed by atoms with Gasteiger partial charge in [-0.2, -0.15) is 0 Å². The van der Waals surface area contributed by atoms with Crippen molar-refractivity contribution in [2.24, 2.45) is 0 Å². The van der Waals surface area contributed by atoms with E-state index >= 15 is 0 Å². The molecule has 88 valence electrons. The lowest BCUT2D eigenvalue weighted by atomic mass is 9.82. The zero-order valence-electron chi connectivity index (χ0n) is 9.85. The van der Waals surface area contributed by atoms with Crippen molar-refractivity contribution in [1.29, 1.82) is 0 Å². The van der Waals surface area contributed by atoms with E-state index in [9.17, 15) is 0 Å². The number of rotatable bonds is 2. The predicted molar refractivity (Wildman–Crippen MR) is 69.7 cm³/mol. The van der Waals surface area contributed by atoms with Gasteiger partial charge < -0.3 is 10.1 Å². The number of hydrogen-bond acceptors (Lipinski definition) is 2. The van der Waals surface area contributed by atoms with Crippen molar-refractivity contribution in [3.05, 3.63) is 33.8 Å². The quantitative estimate of drug-likeness (QED) is 0.901.